The van der Waals surface area contributed by atoms with Gasteiger partial charge in [-0.25, -0.2) is 13.6 Å². The molecule has 0 rings (SSSR count). The van der Waals surface area contributed by atoms with Crippen LogP contribution in [-0.4, -0.2) is 19.0 Å². The second-order valence-corrected chi connectivity index (χ2v) is 2.11. The molecule has 0 aromatic carbocycles. The molecule has 0 bridgehead atoms. The highest BCUT2D eigenvalue weighted by atomic mass is 19.3. The molecular formula is C7H8F4O2. The minimum Gasteiger partial charge on any atom is -0.462 e. The molecule has 6 heteroatoms. The van der Waals surface area contributed by atoms with E-state index in [1.807, 2.05) is 0 Å². The summed E-state index contributed by atoms with van der Waals surface area (Å²) in [5.74, 6) is -1.66. The fourth-order valence-corrected chi connectivity index (χ4v) is 0.521. The summed E-state index contributed by atoms with van der Waals surface area (Å²) in [6.45, 7) is 1.47. The Kier molecular flexibility index (Phi) is 5.10. The van der Waals surface area contributed by atoms with E-state index in [9.17, 15) is 22.4 Å². The monoisotopic (exact) mass is 200 g/mol. The Bertz CT molecular complexity index is 209. The van der Waals surface area contributed by atoms with Crippen LogP contribution in [0.15, 0.2) is 11.7 Å². The highest BCUT2D eigenvalue weighted by molar-refractivity contribution is 5.89. The molecule has 0 amide bonds. The second-order valence-electron chi connectivity index (χ2n) is 2.11. The molecule has 0 fully saturated rings. The van der Waals surface area contributed by atoms with E-state index >= 15 is 0 Å². The fourth-order valence-electron chi connectivity index (χ4n) is 0.521. The lowest BCUT2D eigenvalue weighted by molar-refractivity contribution is -0.140. The average molecular weight is 200 g/mol. The predicted molar refractivity (Wildman–Crippen MR) is 36.5 cm³/mol. The van der Waals surface area contributed by atoms with Gasteiger partial charge in [0, 0.05) is 0 Å². The Hall–Kier alpha value is -1.07. The summed E-state index contributed by atoms with van der Waals surface area (Å²) >= 11 is 0. The fraction of sp³-hybridized carbons (Fsp3) is 0.571. The molecule has 0 aliphatic carbocycles. The van der Waals surface area contributed by atoms with Gasteiger partial charge in [0.25, 0.3) is 12.5 Å². The summed E-state index contributed by atoms with van der Waals surface area (Å²) in [5, 5.41) is 0. The minimum absolute atomic E-state index is 0.150. The van der Waals surface area contributed by atoms with E-state index in [1.54, 1.807) is 6.92 Å². The van der Waals surface area contributed by atoms with Gasteiger partial charge in [-0.1, -0.05) is 6.92 Å². The zero-order valence-corrected chi connectivity index (χ0v) is 6.82. The maximum atomic E-state index is 11.8. The van der Waals surface area contributed by atoms with Crippen molar-refractivity contribution in [3.05, 3.63) is 11.7 Å². The predicted octanol–water partition coefficient (Wildman–Crippen LogP) is 2.36. The van der Waals surface area contributed by atoms with Crippen molar-refractivity contribution < 1.29 is 27.1 Å². The quantitative estimate of drug-likeness (QED) is 0.395. The van der Waals surface area contributed by atoms with Crippen molar-refractivity contribution in [1.82, 2.24) is 0 Å². The average Bonchev–Trinajstić information content (AvgIpc) is 1.99. The van der Waals surface area contributed by atoms with Crippen LogP contribution in [-0.2, 0) is 9.53 Å². The van der Waals surface area contributed by atoms with Crippen molar-refractivity contribution in [2.24, 2.45) is 0 Å². The van der Waals surface area contributed by atoms with E-state index in [0.717, 1.165) is 0 Å². The number of esters is 1. The molecule has 0 aromatic rings. The van der Waals surface area contributed by atoms with Gasteiger partial charge in [-0.3, -0.25) is 0 Å². The number of hydrogen-bond donors (Lipinski definition) is 0. The van der Waals surface area contributed by atoms with Gasteiger partial charge in [-0.15, -0.1) is 0 Å². The molecule has 0 aliphatic heterocycles. The van der Waals surface area contributed by atoms with E-state index < -0.39 is 24.0 Å². The molecule has 0 aliphatic rings. The number of alkyl halides is 2. The van der Waals surface area contributed by atoms with E-state index in [4.69, 9.17) is 0 Å². The number of carbonyl (C=O) groups is 1. The highest BCUT2D eigenvalue weighted by Crippen LogP contribution is 2.17. The number of carbonyl (C=O) groups excluding carboxylic acids is 1. The van der Waals surface area contributed by atoms with Crippen LogP contribution in [0.5, 0.6) is 0 Å². The highest BCUT2D eigenvalue weighted by Gasteiger charge is 2.27. The molecule has 13 heavy (non-hydrogen) atoms. The normalized spacial score (nSPS) is 10.0. The van der Waals surface area contributed by atoms with Crippen LogP contribution in [0.25, 0.3) is 0 Å². The van der Waals surface area contributed by atoms with E-state index in [-0.39, 0.29) is 6.61 Å². The molecular weight excluding hydrogens is 192 g/mol. The first kappa shape index (κ1) is 11.9. The molecule has 0 aromatic heterocycles. The molecule has 0 saturated heterocycles. The summed E-state index contributed by atoms with van der Waals surface area (Å²) in [6.07, 6.45) is -5.82. The molecule has 0 N–H and O–H groups in total. The first-order valence-electron chi connectivity index (χ1n) is 3.51. The van der Waals surface area contributed by atoms with Gasteiger partial charge >= 0.3 is 5.97 Å². The van der Waals surface area contributed by atoms with Crippen LogP contribution < -0.4 is 0 Å². The van der Waals surface area contributed by atoms with Gasteiger partial charge in [0.1, 0.15) is 0 Å². The third-order valence-corrected chi connectivity index (χ3v) is 1.08. The van der Waals surface area contributed by atoms with Gasteiger partial charge in [-0.05, 0) is 6.42 Å². The Labute approximate surface area is 72.2 Å². The van der Waals surface area contributed by atoms with Crippen LogP contribution in [0.3, 0.4) is 0 Å². The Morgan fingerprint density at radius 2 is 1.92 bits per heavy atom. The third kappa shape index (κ3) is 3.91. The maximum absolute atomic E-state index is 11.8. The van der Waals surface area contributed by atoms with Crippen LogP contribution in [0, 0.1) is 0 Å². The third-order valence-electron chi connectivity index (χ3n) is 1.08. The number of ether oxygens (including phenoxy) is 1. The zero-order chi connectivity index (χ0) is 10.4. The lowest BCUT2D eigenvalue weighted by Gasteiger charge is -2.04. The van der Waals surface area contributed by atoms with Gasteiger partial charge < -0.3 is 4.74 Å². The van der Waals surface area contributed by atoms with E-state index in [0.29, 0.717) is 6.42 Å². The van der Waals surface area contributed by atoms with Crippen LogP contribution in [0.2, 0.25) is 0 Å². The van der Waals surface area contributed by atoms with Crippen molar-refractivity contribution in [3.63, 3.8) is 0 Å². The van der Waals surface area contributed by atoms with Gasteiger partial charge in [-0.2, -0.15) is 8.78 Å². The molecule has 2 nitrogen and oxygen atoms in total. The molecule has 0 radical (unpaired) electrons. The summed E-state index contributed by atoms with van der Waals surface area (Å²) in [6, 6.07) is 0. The first-order valence-corrected chi connectivity index (χ1v) is 3.51. The summed E-state index contributed by atoms with van der Waals surface area (Å²) in [7, 11) is 0. The standard InChI is InChI=1S/C7H8F4O2/c1-2-3-13-7(12)4(5(8)9)6(10)11/h5H,2-3H2,1H3. The molecule has 0 heterocycles. The Balaban J connectivity index is 4.41. The molecule has 76 valence electrons. The Morgan fingerprint density at radius 1 is 1.38 bits per heavy atom. The zero-order valence-electron chi connectivity index (χ0n) is 6.82. The largest absolute Gasteiger partial charge is 0.462 e. The van der Waals surface area contributed by atoms with Gasteiger partial charge in [0.2, 0.25) is 0 Å². The minimum atomic E-state index is -3.51. The van der Waals surface area contributed by atoms with Crippen molar-refractivity contribution in [2.45, 2.75) is 19.8 Å². The second kappa shape index (κ2) is 5.55. The first-order chi connectivity index (χ1) is 6.00. The van der Waals surface area contributed by atoms with Crippen molar-refractivity contribution in [1.29, 1.82) is 0 Å². The summed E-state index contributed by atoms with van der Waals surface area (Å²) in [5.41, 5.74) is -1.85. The van der Waals surface area contributed by atoms with Crippen molar-refractivity contribution in [2.75, 3.05) is 6.61 Å². The molecule has 0 saturated carbocycles. The number of hydrogen-bond acceptors (Lipinski definition) is 2. The van der Waals surface area contributed by atoms with Crippen molar-refractivity contribution >= 4 is 5.97 Å². The number of halogens is 4. The van der Waals surface area contributed by atoms with Gasteiger partial charge in [0.15, 0.2) is 5.57 Å². The summed E-state index contributed by atoms with van der Waals surface area (Å²) < 4.78 is 51.2. The van der Waals surface area contributed by atoms with Crippen molar-refractivity contribution in [3.8, 4) is 0 Å². The van der Waals surface area contributed by atoms with Crippen LogP contribution in [0.4, 0.5) is 17.6 Å². The van der Waals surface area contributed by atoms with E-state index in [1.165, 1.54) is 0 Å². The lowest BCUT2D eigenvalue weighted by Crippen LogP contribution is -2.15. The number of rotatable bonds is 4. The maximum Gasteiger partial charge on any atom is 0.345 e. The van der Waals surface area contributed by atoms with Crippen LogP contribution in [0.1, 0.15) is 13.3 Å². The topological polar surface area (TPSA) is 26.3 Å². The lowest BCUT2D eigenvalue weighted by atomic mass is 10.3. The molecule has 0 atom stereocenters. The van der Waals surface area contributed by atoms with Crippen LogP contribution >= 0.6 is 0 Å². The Morgan fingerprint density at radius 3 is 2.23 bits per heavy atom. The smallest absolute Gasteiger partial charge is 0.345 e. The summed E-state index contributed by atoms with van der Waals surface area (Å²) in [4.78, 5) is 10.5. The molecule has 0 unspecified atom stereocenters. The molecule has 0 spiro atoms. The van der Waals surface area contributed by atoms with Gasteiger partial charge in [0.05, 0.1) is 6.61 Å². The van der Waals surface area contributed by atoms with E-state index in [2.05, 4.69) is 4.74 Å². The SMILES string of the molecule is CCCOC(=O)C(=C(F)F)C(F)F.